The van der Waals surface area contributed by atoms with Crippen LogP contribution in [-0.2, 0) is 4.74 Å². The highest BCUT2D eigenvalue weighted by Crippen LogP contribution is 2.15. The Morgan fingerprint density at radius 2 is 2.06 bits per heavy atom. The van der Waals surface area contributed by atoms with Crippen LogP contribution in [0.2, 0.25) is 0 Å². The molecule has 5 heteroatoms. The van der Waals surface area contributed by atoms with E-state index in [4.69, 9.17) is 14.6 Å². The quantitative estimate of drug-likeness (QED) is 0.713. The van der Waals surface area contributed by atoms with Crippen molar-refractivity contribution in [2.24, 2.45) is 0 Å². The second kappa shape index (κ2) is 8.47. The summed E-state index contributed by atoms with van der Waals surface area (Å²) >= 11 is 3.36. The zero-order valence-electron chi connectivity index (χ0n) is 9.86. The highest BCUT2D eigenvalue weighted by Gasteiger charge is 2.04. The zero-order chi connectivity index (χ0) is 12.5. The minimum Gasteiger partial charge on any atom is -0.492 e. The lowest BCUT2D eigenvalue weighted by molar-refractivity contribution is 0.126. The van der Waals surface area contributed by atoms with E-state index in [1.807, 2.05) is 24.3 Å². The summed E-state index contributed by atoms with van der Waals surface area (Å²) in [5.41, 5.74) is 0. The van der Waals surface area contributed by atoms with E-state index < -0.39 is 0 Å². The fraction of sp³-hybridized carbons (Fsp3) is 0.500. The summed E-state index contributed by atoms with van der Waals surface area (Å²) in [5, 5.41) is 12.2. The average Bonchev–Trinajstić information content (AvgIpc) is 2.35. The molecule has 0 radical (unpaired) electrons. The predicted octanol–water partition coefficient (Wildman–Crippen LogP) is 1.42. The third-order valence-electron chi connectivity index (χ3n) is 2.21. The molecule has 1 atom stereocenters. The van der Waals surface area contributed by atoms with Crippen molar-refractivity contribution in [2.75, 3.05) is 33.5 Å². The van der Waals surface area contributed by atoms with Crippen molar-refractivity contribution in [2.45, 2.75) is 6.04 Å². The van der Waals surface area contributed by atoms with Crippen molar-refractivity contribution in [3.05, 3.63) is 28.7 Å². The minimum atomic E-state index is -0.0338. The summed E-state index contributed by atoms with van der Waals surface area (Å²) in [4.78, 5) is 0. The molecule has 96 valence electrons. The smallest absolute Gasteiger partial charge is 0.119 e. The van der Waals surface area contributed by atoms with Gasteiger partial charge in [-0.3, -0.25) is 0 Å². The van der Waals surface area contributed by atoms with Crippen LogP contribution in [0.5, 0.6) is 5.75 Å². The SMILES string of the molecule is COCC(CO)NCCOc1ccc(Br)cc1. The summed E-state index contributed by atoms with van der Waals surface area (Å²) in [7, 11) is 1.61. The molecule has 0 saturated carbocycles. The molecule has 0 amide bonds. The van der Waals surface area contributed by atoms with Gasteiger partial charge < -0.3 is 19.9 Å². The minimum absolute atomic E-state index is 0.0338. The molecule has 1 unspecified atom stereocenters. The molecule has 1 aromatic rings. The average molecular weight is 304 g/mol. The van der Waals surface area contributed by atoms with Crippen molar-refractivity contribution in [3.8, 4) is 5.75 Å². The van der Waals surface area contributed by atoms with Crippen LogP contribution in [0.1, 0.15) is 0 Å². The molecule has 0 saturated heterocycles. The predicted molar refractivity (Wildman–Crippen MR) is 70.4 cm³/mol. The van der Waals surface area contributed by atoms with Crippen LogP contribution in [0.25, 0.3) is 0 Å². The van der Waals surface area contributed by atoms with Gasteiger partial charge >= 0.3 is 0 Å². The second-order valence-electron chi connectivity index (χ2n) is 3.59. The number of nitrogens with one attached hydrogen (secondary N) is 1. The van der Waals surface area contributed by atoms with E-state index in [1.54, 1.807) is 7.11 Å². The Kier molecular flexibility index (Phi) is 7.19. The largest absolute Gasteiger partial charge is 0.492 e. The van der Waals surface area contributed by atoms with Crippen molar-refractivity contribution in [3.63, 3.8) is 0 Å². The summed E-state index contributed by atoms with van der Waals surface area (Å²) in [6.07, 6.45) is 0. The van der Waals surface area contributed by atoms with Gasteiger partial charge in [-0.15, -0.1) is 0 Å². The molecule has 0 bridgehead atoms. The molecule has 1 aromatic carbocycles. The third-order valence-corrected chi connectivity index (χ3v) is 2.73. The first-order chi connectivity index (χ1) is 8.26. The number of benzene rings is 1. The van der Waals surface area contributed by atoms with Gasteiger partial charge in [0.25, 0.3) is 0 Å². The van der Waals surface area contributed by atoms with Crippen LogP contribution in [-0.4, -0.2) is 44.6 Å². The maximum absolute atomic E-state index is 9.02. The second-order valence-corrected chi connectivity index (χ2v) is 4.51. The molecule has 2 N–H and O–H groups in total. The van der Waals surface area contributed by atoms with E-state index in [0.29, 0.717) is 19.8 Å². The standard InChI is InChI=1S/C12H18BrNO3/c1-16-9-11(8-15)14-6-7-17-12-4-2-10(13)3-5-12/h2-5,11,14-15H,6-9H2,1H3. The van der Waals surface area contributed by atoms with Gasteiger partial charge in [-0.1, -0.05) is 15.9 Å². The Labute approximate surface area is 110 Å². The van der Waals surface area contributed by atoms with Crippen LogP contribution in [0.15, 0.2) is 28.7 Å². The molecule has 0 aliphatic carbocycles. The maximum atomic E-state index is 9.02. The van der Waals surface area contributed by atoms with Gasteiger partial charge in [0.2, 0.25) is 0 Å². The number of halogens is 1. The van der Waals surface area contributed by atoms with E-state index in [9.17, 15) is 0 Å². The third kappa shape index (κ3) is 6.02. The van der Waals surface area contributed by atoms with E-state index in [1.165, 1.54) is 0 Å². The number of hydrogen-bond donors (Lipinski definition) is 2. The van der Waals surface area contributed by atoms with Crippen LogP contribution >= 0.6 is 15.9 Å². The number of ether oxygens (including phenoxy) is 2. The lowest BCUT2D eigenvalue weighted by Gasteiger charge is -2.15. The molecule has 0 heterocycles. The van der Waals surface area contributed by atoms with E-state index in [-0.39, 0.29) is 12.6 Å². The number of methoxy groups -OCH3 is 1. The molecule has 0 fully saturated rings. The highest BCUT2D eigenvalue weighted by molar-refractivity contribution is 9.10. The van der Waals surface area contributed by atoms with Crippen LogP contribution in [0, 0.1) is 0 Å². The lowest BCUT2D eigenvalue weighted by Crippen LogP contribution is -2.38. The van der Waals surface area contributed by atoms with Crippen molar-refractivity contribution in [1.29, 1.82) is 0 Å². The van der Waals surface area contributed by atoms with E-state index in [2.05, 4.69) is 21.2 Å². The van der Waals surface area contributed by atoms with Crippen molar-refractivity contribution >= 4 is 15.9 Å². The van der Waals surface area contributed by atoms with Gasteiger partial charge in [-0.05, 0) is 24.3 Å². The monoisotopic (exact) mass is 303 g/mol. The highest BCUT2D eigenvalue weighted by atomic mass is 79.9. The fourth-order valence-corrected chi connectivity index (χ4v) is 1.60. The van der Waals surface area contributed by atoms with E-state index >= 15 is 0 Å². The molecule has 0 spiro atoms. The Bertz CT molecular complexity index is 305. The van der Waals surface area contributed by atoms with Gasteiger partial charge in [0, 0.05) is 18.1 Å². The molecular weight excluding hydrogens is 286 g/mol. The molecule has 0 aromatic heterocycles. The Morgan fingerprint density at radius 1 is 1.35 bits per heavy atom. The molecule has 0 aliphatic heterocycles. The molecule has 4 nitrogen and oxygen atoms in total. The lowest BCUT2D eigenvalue weighted by atomic mass is 10.3. The van der Waals surface area contributed by atoms with E-state index in [0.717, 1.165) is 10.2 Å². The first-order valence-electron chi connectivity index (χ1n) is 5.48. The first-order valence-corrected chi connectivity index (χ1v) is 6.27. The molecule has 17 heavy (non-hydrogen) atoms. The van der Waals surface area contributed by atoms with Gasteiger partial charge in [-0.2, -0.15) is 0 Å². The van der Waals surface area contributed by atoms with Crippen LogP contribution in [0.3, 0.4) is 0 Å². The van der Waals surface area contributed by atoms with Crippen LogP contribution < -0.4 is 10.1 Å². The van der Waals surface area contributed by atoms with Gasteiger partial charge in [0.05, 0.1) is 19.3 Å². The zero-order valence-corrected chi connectivity index (χ0v) is 11.4. The van der Waals surface area contributed by atoms with Gasteiger partial charge in [0.15, 0.2) is 0 Å². The number of rotatable bonds is 8. The first kappa shape index (κ1) is 14.4. The maximum Gasteiger partial charge on any atom is 0.119 e. The van der Waals surface area contributed by atoms with Crippen molar-refractivity contribution < 1.29 is 14.6 Å². The topological polar surface area (TPSA) is 50.7 Å². The van der Waals surface area contributed by atoms with Crippen LogP contribution in [0.4, 0.5) is 0 Å². The number of aliphatic hydroxyl groups excluding tert-OH is 1. The summed E-state index contributed by atoms with van der Waals surface area (Å²) < 4.78 is 11.5. The number of aliphatic hydroxyl groups is 1. The molecule has 1 rings (SSSR count). The van der Waals surface area contributed by atoms with Gasteiger partial charge in [0.1, 0.15) is 12.4 Å². The normalized spacial score (nSPS) is 12.4. The van der Waals surface area contributed by atoms with Crippen molar-refractivity contribution in [1.82, 2.24) is 5.32 Å². The Balaban J connectivity index is 2.17. The molecular formula is C12H18BrNO3. The summed E-state index contributed by atoms with van der Waals surface area (Å²) in [6.45, 7) is 1.79. The van der Waals surface area contributed by atoms with Gasteiger partial charge in [-0.25, -0.2) is 0 Å². The molecule has 0 aliphatic rings. The fourth-order valence-electron chi connectivity index (χ4n) is 1.34. The Hall–Kier alpha value is -0.620. The summed E-state index contributed by atoms with van der Waals surface area (Å²) in [6, 6.07) is 7.65. The number of hydrogen-bond acceptors (Lipinski definition) is 4. The Morgan fingerprint density at radius 3 is 2.65 bits per heavy atom. The summed E-state index contributed by atoms with van der Waals surface area (Å²) in [5.74, 6) is 0.835.